The van der Waals surface area contributed by atoms with Gasteiger partial charge in [-0.2, -0.15) is 0 Å². The molecule has 12 heteroatoms. The topological polar surface area (TPSA) is 155 Å². The number of benzene rings is 3. The summed E-state index contributed by atoms with van der Waals surface area (Å²) in [6, 6.07) is 17.5. The van der Waals surface area contributed by atoms with Crippen LogP contribution in [0.4, 0.5) is 23.0 Å². The highest BCUT2D eigenvalue weighted by molar-refractivity contribution is 7.92. The monoisotopic (exact) mass is 566 g/mol. The number of sulfonamides is 1. The van der Waals surface area contributed by atoms with Crippen LogP contribution in [0.1, 0.15) is 27.2 Å². The van der Waals surface area contributed by atoms with Crippen molar-refractivity contribution >= 4 is 50.0 Å². The number of anilines is 4. The van der Waals surface area contributed by atoms with Gasteiger partial charge in [-0.3, -0.25) is 9.52 Å². The average molecular weight is 567 g/mol. The molecule has 0 saturated heterocycles. The summed E-state index contributed by atoms with van der Waals surface area (Å²) in [5.41, 5.74) is 1.77. The zero-order chi connectivity index (χ0) is 27.8. The number of nitrogens with zero attached hydrogens (tertiary/aromatic N) is 2. The van der Waals surface area contributed by atoms with Crippen LogP contribution in [0.25, 0.3) is 11.0 Å². The third-order valence-electron chi connectivity index (χ3n) is 5.61. The van der Waals surface area contributed by atoms with Crippen LogP contribution < -0.4 is 25.4 Å². The minimum atomic E-state index is -4.13. The van der Waals surface area contributed by atoms with E-state index in [1.807, 2.05) is 0 Å². The fourth-order valence-corrected chi connectivity index (χ4v) is 4.76. The molecule has 3 aromatic carbocycles. The fraction of sp³-hybridized carbons (Fsp3) is 0.250. The molecule has 0 aliphatic carbocycles. The van der Waals surface area contributed by atoms with Crippen molar-refractivity contribution in [2.75, 3.05) is 35.6 Å². The number of rotatable bonds is 12. The highest BCUT2D eigenvalue weighted by Crippen LogP contribution is 2.31. The van der Waals surface area contributed by atoms with Gasteiger partial charge in [-0.25, -0.2) is 18.4 Å². The first-order valence-electron chi connectivity index (χ1n) is 12.3. The summed E-state index contributed by atoms with van der Waals surface area (Å²) in [5, 5.41) is 18.8. The maximum Gasteiger partial charge on any atom is 0.263 e. The molecule has 0 saturated carbocycles. The van der Waals surface area contributed by atoms with E-state index in [1.54, 1.807) is 42.5 Å². The smallest absolute Gasteiger partial charge is 0.263 e. The molecule has 0 bridgehead atoms. The molecule has 0 aliphatic heterocycles. The van der Waals surface area contributed by atoms with Crippen molar-refractivity contribution in [1.29, 1.82) is 0 Å². The highest BCUT2D eigenvalue weighted by Gasteiger charge is 2.20. The van der Waals surface area contributed by atoms with E-state index in [4.69, 9.17) is 4.74 Å². The summed E-state index contributed by atoms with van der Waals surface area (Å²) < 4.78 is 34.5. The number of hydrogen-bond acceptors (Lipinski definition) is 9. The number of phenols is 1. The number of hydrogen-bond donors (Lipinski definition) is 5. The van der Waals surface area contributed by atoms with Gasteiger partial charge in [0, 0.05) is 29.6 Å². The van der Waals surface area contributed by atoms with Crippen molar-refractivity contribution in [2.24, 2.45) is 0 Å². The molecular weight excluding hydrogens is 532 g/mol. The van der Waals surface area contributed by atoms with Gasteiger partial charge in [-0.05, 0) is 43.3 Å². The molecule has 0 aliphatic rings. The lowest BCUT2D eigenvalue weighted by Gasteiger charge is -2.15. The molecule has 0 spiro atoms. The van der Waals surface area contributed by atoms with Gasteiger partial charge in [0.1, 0.15) is 11.5 Å². The van der Waals surface area contributed by atoms with Gasteiger partial charge < -0.3 is 25.8 Å². The molecule has 40 heavy (non-hydrogen) atoms. The summed E-state index contributed by atoms with van der Waals surface area (Å²) in [7, 11) is -2.67. The molecule has 1 amide bonds. The molecule has 0 atom stereocenters. The van der Waals surface area contributed by atoms with Gasteiger partial charge >= 0.3 is 0 Å². The number of phenolic OH excluding ortho intramolecular Hbond substituents is 1. The van der Waals surface area contributed by atoms with Crippen molar-refractivity contribution in [3.05, 3.63) is 66.7 Å². The lowest BCUT2D eigenvalue weighted by molar-refractivity contribution is -0.115. The van der Waals surface area contributed by atoms with Crippen LogP contribution in [-0.2, 0) is 14.8 Å². The normalized spacial score (nSPS) is 10.9. The summed E-state index contributed by atoms with van der Waals surface area (Å²) in [6.45, 7) is 2.91. The fourth-order valence-electron chi connectivity index (χ4n) is 3.70. The molecule has 4 rings (SSSR count). The van der Waals surface area contributed by atoms with Crippen LogP contribution in [0.3, 0.4) is 0 Å². The quantitative estimate of drug-likeness (QED) is 0.151. The number of aromatic nitrogens is 2. The van der Waals surface area contributed by atoms with Crippen LogP contribution in [0.15, 0.2) is 71.6 Å². The Kier molecular flexibility index (Phi) is 10.2. The van der Waals surface area contributed by atoms with Gasteiger partial charge in [0.05, 0.1) is 29.6 Å². The Labute approximate surface area is 234 Å². The Morgan fingerprint density at radius 2 is 1.68 bits per heavy atom. The number of amides is 1. The first-order chi connectivity index (χ1) is 18.8. The number of methoxy groups -OCH3 is 1. The predicted molar refractivity (Wildman–Crippen MR) is 158 cm³/mol. The van der Waals surface area contributed by atoms with Crippen LogP contribution in [0.5, 0.6) is 11.5 Å². The summed E-state index contributed by atoms with van der Waals surface area (Å²) in [5.74, 6) is 0.139. The first kappa shape index (κ1) is 30.1. The molecular formula is C28H34N6O5S. The van der Waals surface area contributed by atoms with Crippen LogP contribution >= 0.6 is 0 Å². The van der Waals surface area contributed by atoms with Crippen molar-refractivity contribution in [3.63, 3.8) is 0 Å². The average Bonchev–Trinajstić information content (AvgIpc) is 2.91. The van der Waals surface area contributed by atoms with Gasteiger partial charge in [-0.1, -0.05) is 39.0 Å². The Bertz CT molecular complexity index is 1580. The van der Waals surface area contributed by atoms with Gasteiger partial charge in [0.15, 0.2) is 11.6 Å². The summed E-state index contributed by atoms with van der Waals surface area (Å²) in [4.78, 5) is 21.2. The number of fused-ring (bicyclic) bond motifs is 1. The standard InChI is InChI=1S/C27H30N6O5S.CH4/c1-3-4-12-28-17-25(35)29-18-8-7-9-22(15-18)39(36,37)33-27-26(31-23-10-5-6-11-24(23)32-27)30-19-13-20(34)16-21(14-19)38-2;/h5-11,13-16,28,34H,3-4,12,17H2,1-2H3,(H,29,35)(H,30,31)(H,32,33);1H4. The van der Waals surface area contributed by atoms with E-state index < -0.39 is 10.0 Å². The SMILES string of the molecule is C.CCCCNCC(=O)Nc1cccc(S(=O)(=O)Nc2nc3ccccc3nc2Nc2cc(O)cc(OC)c2)c1. The molecule has 5 N–H and O–H groups in total. The molecule has 1 aromatic heterocycles. The van der Waals surface area contributed by atoms with Crippen molar-refractivity contribution < 1.29 is 23.1 Å². The van der Waals surface area contributed by atoms with E-state index in [2.05, 4.69) is 37.6 Å². The number of ether oxygens (including phenoxy) is 1. The lowest BCUT2D eigenvalue weighted by Crippen LogP contribution is -2.28. The number of carbonyl (C=O) groups excluding carboxylic acids is 1. The van der Waals surface area contributed by atoms with E-state index in [9.17, 15) is 18.3 Å². The molecule has 0 unspecified atom stereocenters. The number of unbranched alkanes of at least 4 members (excludes halogenated alkanes) is 1. The van der Waals surface area contributed by atoms with Crippen molar-refractivity contribution in [3.8, 4) is 11.5 Å². The van der Waals surface area contributed by atoms with Crippen LogP contribution in [-0.4, -0.2) is 49.6 Å². The highest BCUT2D eigenvalue weighted by atomic mass is 32.2. The summed E-state index contributed by atoms with van der Waals surface area (Å²) in [6.07, 6.45) is 1.97. The van der Waals surface area contributed by atoms with Crippen LogP contribution in [0, 0.1) is 0 Å². The Balaban J connectivity index is 0.00000441. The third-order valence-corrected chi connectivity index (χ3v) is 6.95. The number of aromatic hydroxyl groups is 1. The Morgan fingerprint density at radius 1 is 0.950 bits per heavy atom. The second-order valence-corrected chi connectivity index (χ2v) is 10.3. The molecule has 4 aromatic rings. The van der Waals surface area contributed by atoms with Gasteiger partial charge in [0.2, 0.25) is 5.91 Å². The lowest BCUT2D eigenvalue weighted by atomic mass is 10.2. The minimum Gasteiger partial charge on any atom is -0.508 e. The van der Waals surface area contributed by atoms with Gasteiger partial charge in [-0.15, -0.1) is 0 Å². The van der Waals surface area contributed by atoms with E-state index in [1.165, 1.54) is 31.4 Å². The van der Waals surface area contributed by atoms with Gasteiger partial charge in [0.25, 0.3) is 10.0 Å². The second kappa shape index (κ2) is 13.6. The second-order valence-electron chi connectivity index (χ2n) is 8.67. The maximum atomic E-state index is 13.4. The molecule has 0 radical (unpaired) electrons. The van der Waals surface area contributed by atoms with E-state index in [0.717, 1.165) is 19.4 Å². The zero-order valence-corrected chi connectivity index (χ0v) is 22.4. The van der Waals surface area contributed by atoms with E-state index >= 15 is 0 Å². The Hall–Kier alpha value is -4.42. The zero-order valence-electron chi connectivity index (χ0n) is 21.6. The van der Waals surface area contributed by atoms with Crippen molar-refractivity contribution in [1.82, 2.24) is 15.3 Å². The van der Waals surface area contributed by atoms with Crippen LogP contribution in [0.2, 0.25) is 0 Å². The minimum absolute atomic E-state index is 0. The largest absolute Gasteiger partial charge is 0.508 e. The molecule has 0 fully saturated rings. The number of carbonyl (C=O) groups is 1. The first-order valence-corrected chi connectivity index (χ1v) is 13.8. The predicted octanol–water partition coefficient (Wildman–Crippen LogP) is 4.85. The molecule has 11 nitrogen and oxygen atoms in total. The number of para-hydroxylation sites is 2. The maximum absolute atomic E-state index is 13.4. The molecule has 1 heterocycles. The van der Waals surface area contributed by atoms with E-state index in [0.29, 0.717) is 28.2 Å². The van der Waals surface area contributed by atoms with E-state index in [-0.39, 0.29) is 42.2 Å². The molecule has 212 valence electrons. The third kappa shape index (κ3) is 7.80. The number of nitrogens with one attached hydrogen (secondary N) is 4. The summed E-state index contributed by atoms with van der Waals surface area (Å²) >= 11 is 0. The Morgan fingerprint density at radius 3 is 2.38 bits per heavy atom. The van der Waals surface area contributed by atoms with Crippen molar-refractivity contribution in [2.45, 2.75) is 32.1 Å².